The molecule has 2 aromatic heterocycles. The van der Waals surface area contributed by atoms with Crippen LogP contribution in [-0.4, -0.2) is 38.4 Å². The Bertz CT molecular complexity index is 1030. The Hall–Kier alpha value is -3.02. The lowest BCUT2D eigenvalue weighted by Gasteiger charge is -2.26. The van der Waals surface area contributed by atoms with Crippen LogP contribution in [0.2, 0.25) is 0 Å². The van der Waals surface area contributed by atoms with Crippen LogP contribution in [0.5, 0.6) is 0 Å². The van der Waals surface area contributed by atoms with E-state index in [4.69, 9.17) is 0 Å². The van der Waals surface area contributed by atoms with E-state index in [0.29, 0.717) is 34.5 Å². The first-order valence-corrected chi connectivity index (χ1v) is 9.44. The summed E-state index contributed by atoms with van der Waals surface area (Å²) in [6.45, 7) is 4.08. The van der Waals surface area contributed by atoms with Gasteiger partial charge in [0.1, 0.15) is 11.2 Å². The standard InChI is InChI=1S/C21H22N4O2/c1-2-25-19-17(7-6-12-22-19)23-18(21(25)27)15-8-10-16(11-9-15)20(26)24-13-4-3-5-14-24/h6-12H,2-5,13-14H2,1H3. The van der Waals surface area contributed by atoms with Gasteiger partial charge in [-0.3, -0.25) is 14.2 Å². The van der Waals surface area contributed by atoms with Crippen LogP contribution < -0.4 is 5.56 Å². The number of nitrogens with zero attached hydrogens (tertiary/aromatic N) is 4. The minimum Gasteiger partial charge on any atom is -0.339 e. The molecule has 0 bridgehead atoms. The molecule has 1 aromatic carbocycles. The van der Waals surface area contributed by atoms with Crippen molar-refractivity contribution in [3.8, 4) is 11.3 Å². The smallest absolute Gasteiger partial charge is 0.278 e. The quantitative estimate of drug-likeness (QED) is 0.718. The molecule has 0 unspecified atom stereocenters. The summed E-state index contributed by atoms with van der Waals surface area (Å²) in [4.78, 5) is 36.2. The molecule has 3 heterocycles. The van der Waals surface area contributed by atoms with Crippen molar-refractivity contribution in [1.82, 2.24) is 19.4 Å². The molecule has 4 rings (SSSR count). The normalized spacial score (nSPS) is 14.5. The topological polar surface area (TPSA) is 68.1 Å². The van der Waals surface area contributed by atoms with Gasteiger partial charge in [-0.25, -0.2) is 9.97 Å². The number of piperidine rings is 1. The molecule has 6 heteroatoms. The Morgan fingerprint density at radius 2 is 1.81 bits per heavy atom. The Kier molecular flexibility index (Phi) is 4.71. The highest BCUT2D eigenvalue weighted by Crippen LogP contribution is 2.19. The maximum absolute atomic E-state index is 12.9. The van der Waals surface area contributed by atoms with Crippen molar-refractivity contribution in [2.24, 2.45) is 0 Å². The molecule has 0 N–H and O–H groups in total. The zero-order chi connectivity index (χ0) is 18.8. The lowest BCUT2D eigenvalue weighted by Crippen LogP contribution is -2.35. The zero-order valence-corrected chi connectivity index (χ0v) is 15.4. The second kappa shape index (κ2) is 7.31. The second-order valence-corrected chi connectivity index (χ2v) is 6.79. The van der Waals surface area contributed by atoms with Crippen molar-refractivity contribution in [3.63, 3.8) is 0 Å². The van der Waals surface area contributed by atoms with Crippen LogP contribution >= 0.6 is 0 Å². The van der Waals surface area contributed by atoms with Gasteiger partial charge in [0, 0.05) is 37.0 Å². The van der Waals surface area contributed by atoms with Gasteiger partial charge in [0.15, 0.2) is 5.65 Å². The highest BCUT2D eigenvalue weighted by Gasteiger charge is 2.19. The molecule has 0 spiro atoms. The van der Waals surface area contributed by atoms with E-state index < -0.39 is 0 Å². The minimum atomic E-state index is -0.168. The van der Waals surface area contributed by atoms with Gasteiger partial charge in [-0.05, 0) is 50.5 Å². The van der Waals surface area contributed by atoms with Crippen LogP contribution in [0.3, 0.4) is 0 Å². The number of carbonyl (C=O) groups excluding carboxylic acids is 1. The lowest BCUT2D eigenvalue weighted by molar-refractivity contribution is 0.0724. The molecule has 3 aromatic rings. The number of aromatic nitrogens is 3. The van der Waals surface area contributed by atoms with E-state index in [0.717, 1.165) is 25.9 Å². The molecule has 27 heavy (non-hydrogen) atoms. The summed E-state index contributed by atoms with van der Waals surface area (Å²) in [6.07, 6.45) is 4.98. The number of likely N-dealkylation sites (tertiary alicyclic amines) is 1. The van der Waals surface area contributed by atoms with E-state index in [1.807, 2.05) is 36.1 Å². The summed E-state index contributed by atoms with van der Waals surface area (Å²) in [6, 6.07) is 10.9. The number of aryl methyl sites for hydroxylation is 1. The van der Waals surface area contributed by atoms with Crippen molar-refractivity contribution < 1.29 is 4.79 Å². The molecule has 138 valence electrons. The largest absolute Gasteiger partial charge is 0.339 e. The summed E-state index contributed by atoms with van der Waals surface area (Å²) in [5, 5.41) is 0. The third-order valence-electron chi connectivity index (χ3n) is 5.07. The van der Waals surface area contributed by atoms with Gasteiger partial charge in [0.2, 0.25) is 0 Å². The minimum absolute atomic E-state index is 0.0582. The van der Waals surface area contributed by atoms with E-state index in [9.17, 15) is 9.59 Å². The van der Waals surface area contributed by atoms with Gasteiger partial charge < -0.3 is 4.90 Å². The van der Waals surface area contributed by atoms with E-state index in [1.165, 1.54) is 6.42 Å². The van der Waals surface area contributed by atoms with Crippen molar-refractivity contribution in [3.05, 3.63) is 58.5 Å². The Morgan fingerprint density at radius 3 is 2.52 bits per heavy atom. The van der Waals surface area contributed by atoms with Gasteiger partial charge in [0.25, 0.3) is 11.5 Å². The molecule has 1 saturated heterocycles. The molecule has 1 aliphatic heterocycles. The van der Waals surface area contributed by atoms with Gasteiger partial charge >= 0.3 is 0 Å². The predicted octanol–water partition coefficient (Wildman–Crippen LogP) is 3.10. The zero-order valence-electron chi connectivity index (χ0n) is 15.4. The number of amides is 1. The Balaban J connectivity index is 1.71. The Morgan fingerprint density at radius 1 is 1.07 bits per heavy atom. The molecule has 0 radical (unpaired) electrons. The first-order chi connectivity index (χ1) is 13.2. The summed E-state index contributed by atoms with van der Waals surface area (Å²) >= 11 is 0. The van der Waals surface area contributed by atoms with Crippen LogP contribution in [0.15, 0.2) is 47.4 Å². The predicted molar refractivity (Wildman–Crippen MR) is 105 cm³/mol. The van der Waals surface area contributed by atoms with Gasteiger partial charge in [0.05, 0.1) is 0 Å². The third kappa shape index (κ3) is 3.23. The van der Waals surface area contributed by atoms with E-state index in [-0.39, 0.29) is 11.5 Å². The van der Waals surface area contributed by atoms with Crippen LogP contribution in [-0.2, 0) is 6.54 Å². The average molecular weight is 362 g/mol. The van der Waals surface area contributed by atoms with Crippen molar-refractivity contribution in [2.75, 3.05) is 13.1 Å². The maximum atomic E-state index is 12.9. The first kappa shape index (κ1) is 17.4. The lowest BCUT2D eigenvalue weighted by atomic mass is 10.1. The summed E-state index contributed by atoms with van der Waals surface area (Å²) in [5.41, 5.74) is 2.85. The molecular formula is C21H22N4O2. The number of pyridine rings is 1. The van der Waals surface area contributed by atoms with E-state index in [2.05, 4.69) is 9.97 Å². The van der Waals surface area contributed by atoms with Crippen LogP contribution in [0, 0.1) is 0 Å². The van der Waals surface area contributed by atoms with Crippen molar-refractivity contribution >= 4 is 17.1 Å². The average Bonchev–Trinajstić information content (AvgIpc) is 2.73. The second-order valence-electron chi connectivity index (χ2n) is 6.79. The van der Waals surface area contributed by atoms with E-state index in [1.54, 1.807) is 22.9 Å². The summed E-state index contributed by atoms with van der Waals surface area (Å²) < 4.78 is 1.63. The highest BCUT2D eigenvalue weighted by molar-refractivity contribution is 5.94. The summed E-state index contributed by atoms with van der Waals surface area (Å²) in [7, 11) is 0. The van der Waals surface area contributed by atoms with Crippen molar-refractivity contribution in [2.45, 2.75) is 32.7 Å². The molecule has 1 aliphatic rings. The third-order valence-corrected chi connectivity index (χ3v) is 5.07. The number of benzene rings is 1. The van der Waals surface area contributed by atoms with E-state index >= 15 is 0 Å². The number of hydrogen-bond acceptors (Lipinski definition) is 4. The van der Waals surface area contributed by atoms with Gasteiger partial charge in [-0.2, -0.15) is 0 Å². The first-order valence-electron chi connectivity index (χ1n) is 9.44. The van der Waals surface area contributed by atoms with Crippen molar-refractivity contribution in [1.29, 1.82) is 0 Å². The molecule has 1 fully saturated rings. The molecular weight excluding hydrogens is 340 g/mol. The number of carbonyl (C=O) groups is 1. The van der Waals surface area contributed by atoms with Crippen LogP contribution in [0.4, 0.5) is 0 Å². The fraction of sp³-hybridized carbons (Fsp3) is 0.333. The molecule has 6 nitrogen and oxygen atoms in total. The Labute approximate surface area is 157 Å². The van der Waals surface area contributed by atoms with Crippen LogP contribution in [0.1, 0.15) is 36.5 Å². The molecule has 0 atom stereocenters. The highest BCUT2D eigenvalue weighted by atomic mass is 16.2. The van der Waals surface area contributed by atoms with Crippen LogP contribution in [0.25, 0.3) is 22.4 Å². The van der Waals surface area contributed by atoms with Gasteiger partial charge in [-0.15, -0.1) is 0 Å². The fourth-order valence-corrected chi connectivity index (χ4v) is 3.61. The maximum Gasteiger partial charge on any atom is 0.278 e. The van der Waals surface area contributed by atoms with Gasteiger partial charge in [-0.1, -0.05) is 12.1 Å². The monoisotopic (exact) mass is 362 g/mol. The number of rotatable bonds is 3. The summed E-state index contributed by atoms with van der Waals surface area (Å²) in [5.74, 6) is 0.0582. The fourth-order valence-electron chi connectivity index (χ4n) is 3.61. The number of fused-ring (bicyclic) bond motifs is 1. The molecule has 0 saturated carbocycles. The molecule has 1 amide bonds. The SMILES string of the molecule is CCn1c(=O)c(-c2ccc(C(=O)N3CCCCC3)cc2)nc2cccnc21. The number of hydrogen-bond donors (Lipinski definition) is 0. The molecule has 0 aliphatic carbocycles.